The van der Waals surface area contributed by atoms with E-state index in [0.717, 1.165) is 6.42 Å². The molecule has 2 nitrogen and oxygen atoms in total. The lowest BCUT2D eigenvalue weighted by molar-refractivity contribution is 0.327. The van der Waals surface area contributed by atoms with Gasteiger partial charge in [-0.2, -0.15) is 0 Å². The highest BCUT2D eigenvalue weighted by molar-refractivity contribution is 7.41. The SMILES string of the molecule is C#CC(C)(C)[PH](=O)OCCC=CC. The molecule has 0 aliphatic carbocycles. The number of terminal acetylenes is 1. The van der Waals surface area contributed by atoms with Crippen molar-refractivity contribution in [2.75, 3.05) is 6.61 Å². The summed E-state index contributed by atoms with van der Waals surface area (Å²) in [5, 5.41) is -0.624. The van der Waals surface area contributed by atoms with Crippen molar-refractivity contribution in [3.05, 3.63) is 12.2 Å². The quantitative estimate of drug-likeness (QED) is 0.295. The van der Waals surface area contributed by atoms with Crippen molar-refractivity contribution < 1.29 is 9.09 Å². The molecule has 0 saturated heterocycles. The lowest BCUT2D eigenvalue weighted by Crippen LogP contribution is -2.11. The van der Waals surface area contributed by atoms with Crippen LogP contribution in [-0.4, -0.2) is 11.8 Å². The van der Waals surface area contributed by atoms with Crippen LogP contribution in [-0.2, 0) is 9.09 Å². The monoisotopic (exact) mass is 200 g/mol. The van der Waals surface area contributed by atoms with Crippen LogP contribution in [0.15, 0.2) is 12.2 Å². The summed E-state index contributed by atoms with van der Waals surface area (Å²) in [6.07, 6.45) is 9.91. The minimum atomic E-state index is -2.12. The van der Waals surface area contributed by atoms with Gasteiger partial charge in [-0.25, -0.2) is 0 Å². The first-order valence-electron chi connectivity index (χ1n) is 4.30. The van der Waals surface area contributed by atoms with Crippen molar-refractivity contribution in [3.8, 4) is 12.3 Å². The zero-order valence-corrected chi connectivity index (χ0v) is 9.46. The average molecular weight is 200 g/mol. The Kier molecular flexibility index (Phi) is 5.79. The van der Waals surface area contributed by atoms with E-state index in [1.807, 2.05) is 19.1 Å². The fourth-order valence-corrected chi connectivity index (χ4v) is 1.41. The molecule has 0 aromatic rings. The molecule has 0 aromatic carbocycles. The third kappa shape index (κ3) is 4.93. The second kappa shape index (κ2) is 6.02. The summed E-state index contributed by atoms with van der Waals surface area (Å²) in [7, 11) is -2.12. The Hall–Kier alpha value is -0.510. The summed E-state index contributed by atoms with van der Waals surface area (Å²) in [4.78, 5) is 0. The largest absolute Gasteiger partial charge is 0.329 e. The van der Waals surface area contributed by atoms with E-state index >= 15 is 0 Å². The Labute approximate surface area is 81.2 Å². The second-order valence-electron chi connectivity index (χ2n) is 3.26. The maximum absolute atomic E-state index is 11.5. The molecule has 3 heteroatoms. The van der Waals surface area contributed by atoms with Crippen molar-refractivity contribution in [2.45, 2.75) is 32.3 Å². The first-order valence-corrected chi connectivity index (χ1v) is 5.62. The zero-order valence-electron chi connectivity index (χ0n) is 8.46. The molecule has 0 radical (unpaired) electrons. The van der Waals surface area contributed by atoms with E-state index in [-0.39, 0.29) is 0 Å². The average Bonchev–Trinajstić information content (AvgIpc) is 2.12. The van der Waals surface area contributed by atoms with Crippen LogP contribution < -0.4 is 0 Å². The summed E-state index contributed by atoms with van der Waals surface area (Å²) in [5.41, 5.74) is 0. The minimum absolute atomic E-state index is 0.479. The van der Waals surface area contributed by atoms with Gasteiger partial charge in [-0.05, 0) is 27.2 Å². The first-order chi connectivity index (χ1) is 6.04. The maximum Gasteiger partial charge on any atom is 0.208 e. The highest BCUT2D eigenvalue weighted by atomic mass is 31.1. The smallest absolute Gasteiger partial charge is 0.208 e. The highest BCUT2D eigenvalue weighted by Crippen LogP contribution is 2.38. The van der Waals surface area contributed by atoms with Crippen LogP contribution in [0, 0.1) is 12.3 Å². The summed E-state index contributed by atoms with van der Waals surface area (Å²) >= 11 is 0. The topological polar surface area (TPSA) is 26.3 Å². The van der Waals surface area contributed by atoms with Crippen LogP contribution in [0.2, 0.25) is 0 Å². The van der Waals surface area contributed by atoms with Gasteiger partial charge in [0.05, 0.1) is 11.8 Å². The van der Waals surface area contributed by atoms with Gasteiger partial charge in [0, 0.05) is 0 Å². The molecule has 1 unspecified atom stereocenters. The molecule has 0 fully saturated rings. The van der Waals surface area contributed by atoms with Crippen molar-refractivity contribution in [3.63, 3.8) is 0 Å². The van der Waals surface area contributed by atoms with E-state index in [0.29, 0.717) is 6.61 Å². The Morgan fingerprint density at radius 2 is 2.23 bits per heavy atom. The standard InChI is InChI=1S/C10H17O2P/c1-5-7-8-9-12-13(11)10(3,4)6-2/h2,5,7,13H,8-9H2,1,3-4H3. The number of hydrogen-bond acceptors (Lipinski definition) is 2. The molecule has 0 aliphatic rings. The molecule has 0 saturated carbocycles. The van der Waals surface area contributed by atoms with Crippen LogP contribution in [0.4, 0.5) is 0 Å². The van der Waals surface area contributed by atoms with E-state index in [9.17, 15) is 4.57 Å². The Bertz CT molecular complexity index is 236. The third-order valence-electron chi connectivity index (χ3n) is 1.62. The molecule has 0 N–H and O–H groups in total. The second-order valence-corrected chi connectivity index (χ2v) is 5.38. The molecule has 0 aromatic heterocycles. The lowest BCUT2D eigenvalue weighted by atomic mass is 10.2. The normalized spacial score (nSPS) is 14.3. The van der Waals surface area contributed by atoms with Gasteiger partial charge in [0.2, 0.25) is 8.03 Å². The number of hydrogen-bond donors (Lipinski definition) is 0. The van der Waals surface area contributed by atoms with Crippen LogP contribution in [0.5, 0.6) is 0 Å². The predicted octanol–water partition coefficient (Wildman–Crippen LogP) is 2.86. The Morgan fingerprint density at radius 1 is 1.62 bits per heavy atom. The predicted molar refractivity (Wildman–Crippen MR) is 57.3 cm³/mol. The van der Waals surface area contributed by atoms with E-state index in [1.165, 1.54) is 0 Å². The molecule has 13 heavy (non-hydrogen) atoms. The molecule has 0 amide bonds. The van der Waals surface area contributed by atoms with Crippen LogP contribution in [0.3, 0.4) is 0 Å². The van der Waals surface area contributed by atoms with Crippen LogP contribution in [0.25, 0.3) is 0 Å². The number of allylic oxidation sites excluding steroid dienone is 1. The van der Waals surface area contributed by atoms with Crippen molar-refractivity contribution in [1.29, 1.82) is 0 Å². The summed E-state index contributed by atoms with van der Waals surface area (Å²) in [6.45, 7) is 5.93. The summed E-state index contributed by atoms with van der Waals surface area (Å²) in [6, 6.07) is 0. The molecule has 0 aliphatic heterocycles. The lowest BCUT2D eigenvalue weighted by Gasteiger charge is -2.16. The Morgan fingerprint density at radius 3 is 2.69 bits per heavy atom. The van der Waals surface area contributed by atoms with Crippen molar-refractivity contribution in [1.82, 2.24) is 0 Å². The summed E-state index contributed by atoms with van der Waals surface area (Å²) < 4.78 is 16.6. The van der Waals surface area contributed by atoms with Crippen LogP contribution >= 0.6 is 8.03 Å². The van der Waals surface area contributed by atoms with Crippen LogP contribution in [0.1, 0.15) is 27.2 Å². The minimum Gasteiger partial charge on any atom is -0.329 e. The Balaban J connectivity index is 3.83. The van der Waals surface area contributed by atoms with Gasteiger partial charge in [0.1, 0.15) is 0 Å². The summed E-state index contributed by atoms with van der Waals surface area (Å²) in [5.74, 6) is 2.47. The molecule has 0 spiro atoms. The van der Waals surface area contributed by atoms with Gasteiger partial charge < -0.3 is 4.52 Å². The number of rotatable bonds is 5. The fraction of sp³-hybridized carbons (Fsp3) is 0.600. The fourth-order valence-electron chi connectivity index (χ4n) is 0.626. The van der Waals surface area contributed by atoms with Crippen molar-refractivity contribution in [2.24, 2.45) is 0 Å². The molecule has 1 atom stereocenters. The molecule has 0 heterocycles. The first kappa shape index (κ1) is 12.5. The van der Waals surface area contributed by atoms with E-state index < -0.39 is 13.2 Å². The van der Waals surface area contributed by atoms with E-state index in [2.05, 4.69) is 5.92 Å². The van der Waals surface area contributed by atoms with Gasteiger partial charge >= 0.3 is 0 Å². The highest BCUT2D eigenvalue weighted by Gasteiger charge is 2.22. The molecular formula is C10H17O2P. The molecule has 0 bridgehead atoms. The van der Waals surface area contributed by atoms with Gasteiger partial charge in [-0.1, -0.05) is 18.1 Å². The van der Waals surface area contributed by atoms with Gasteiger partial charge in [0.15, 0.2) is 0 Å². The zero-order chi connectivity index (χ0) is 10.3. The molecular weight excluding hydrogens is 183 g/mol. The van der Waals surface area contributed by atoms with Crippen molar-refractivity contribution >= 4 is 8.03 Å². The third-order valence-corrected chi connectivity index (χ3v) is 3.26. The van der Waals surface area contributed by atoms with Gasteiger partial charge in [-0.15, -0.1) is 6.42 Å². The van der Waals surface area contributed by atoms with E-state index in [4.69, 9.17) is 10.9 Å². The van der Waals surface area contributed by atoms with Gasteiger partial charge in [-0.3, -0.25) is 4.57 Å². The van der Waals surface area contributed by atoms with Gasteiger partial charge in [0.25, 0.3) is 0 Å². The maximum atomic E-state index is 11.5. The molecule has 0 rings (SSSR count). The molecule has 74 valence electrons. The van der Waals surface area contributed by atoms with E-state index in [1.54, 1.807) is 13.8 Å².